The lowest BCUT2D eigenvalue weighted by Gasteiger charge is -2.16. The second-order valence-electron chi connectivity index (χ2n) is 13.0. The summed E-state index contributed by atoms with van der Waals surface area (Å²) in [7, 11) is 2.91. The lowest BCUT2D eigenvalue weighted by atomic mass is 9.91. The molecule has 0 heterocycles. The number of benzene rings is 2. The Hall–Kier alpha value is -5.26. The van der Waals surface area contributed by atoms with E-state index < -0.39 is 23.9 Å². The van der Waals surface area contributed by atoms with Crippen LogP contribution in [0.1, 0.15) is 151 Å². The molecule has 0 saturated carbocycles. The molecule has 0 fully saturated rings. The van der Waals surface area contributed by atoms with Crippen molar-refractivity contribution in [2.24, 2.45) is 0 Å². The summed E-state index contributed by atoms with van der Waals surface area (Å²) < 4.78 is 31.5. The maximum Gasteiger partial charge on any atom is 0.352 e. The first-order valence-corrected chi connectivity index (χ1v) is 19.7. The van der Waals surface area contributed by atoms with Crippen LogP contribution in [0.2, 0.25) is 0 Å². The summed E-state index contributed by atoms with van der Waals surface area (Å²) in [5.41, 5.74) is -0.421. The van der Waals surface area contributed by atoms with Crippen molar-refractivity contribution < 1.29 is 47.6 Å². The van der Waals surface area contributed by atoms with E-state index in [-0.39, 0.29) is 66.1 Å². The van der Waals surface area contributed by atoms with Crippen LogP contribution in [0.15, 0.2) is 24.3 Å². The first-order valence-electron chi connectivity index (χ1n) is 19.7. The Morgan fingerprint density at radius 2 is 0.821 bits per heavy atom. The van der Waals surface area contributed by atoms with Crippen LogP contribution in [-0.4, -0.2) is 71.1 Å². The Balaban J connectivity index is 2.19. The molecule has 0 aliphatic heterocycles. The number of unbranched alkanes of at least 4 members (excludes halogenated alkanes) is 15. The van der Waals surface area contributed by atoms with Crippen molar-refractivity contribution in [2.75, 3.05) is 47.3 Å². The smallest absolute Gasteiger partial charge is 0.352 e. The largest absolute Gasteiger partial charge is 0.462 e. The van der Waals surface area contributed by atoms with Gasteiger partial charge in [-0.05, 0) is 48.4 Å². The van der Waals surface area contributed by atoms with Crippen molar-refractivity contribution in [2.45, 2.75) is 110 Å². The molecule has 0 aromatic heterocycles. The van der Waals surface area contributed by atoms with Gasteiger partial charge >= 0.3 is 23.9 Å². The molecule has 0 atom stereocenters. The summed E-state index contributed by atoms with van der Waals surface area (Å²) in [4.78, 5) is 53.8. The highest BCUT2D eigenvalue weighted by atomic mass is 16.6. The van der Waals surface area contributed by atoms with Crippen LogP contribution in [-0.2, 0) is 28.4 Å². The minimum absolute atomic E-state index is 0.0441. The molecule has 0 saturated heterocycles. The third-order valence-electron chi connectivity index (χ3n) is 8.83. The number of hydrogen-bond acceptors (Lipinski definition) is 10. The highest BCUT2D eigenvalue weighted by Crippen LogP contribution is 2.32. The van der Waals surface area contributed by atoms with Gasteiger partial charge in [-0.25, -0.2) is 19.2 Å². The van der Waals surface area contributed by atoms with Gasteiger partial charge < -0.3 is 28.4 Å². The zero-order valence-corrected chi connectivity index (χ0v) is 33.3. The van der Waals surface area contributed by atoms with Crippen molar-refractivity contribution in [3.8, 4) is 48.1 Å². The number of esters is 4. The third kappa shape index (κ3) is 17.9. The molecule has 2 aromatic carbocycles. The fourth-order valence-corrected chi connectivity index (χ4v) is 5.94. The zero-order valence-electron chi connectivity index (χ0n) is 33.3. The predicted octanol–water partition coefficient (Wildman–Crippen LogP) is 8.62. The van der Waals surface area contributed by atoms with E-state index in [9.17, 15) is 19.2 Å². The second-order valence-corrected chi connectivity index (χ2v) is 13.0. The SMILES string of the molecule is C#CC#CC#CC#COC(=O)c1ccc(C(=O)OCCOC)c2c(C(=O)OCCCCCCCCCCCCCCCCCC)ccc(C(=O)OCCOC)c12. The van der Waals surface area contributed by atoms with Crippen LogP contribution in [0, 0.1) is 48.1 Å². The summed E-state index contributed by atoms with van der Waals surface area (Å²) >= 11 is 0. The Labute approximate surface area is 333 Å². The summed E-state index contributed by atoms with van der Waals surface area (Å²) in [5.74, 6) is 10.5. The van der Waals surface area contributed by atoms with E-state index in [2.05, 4.69) is 48.6 Å². The fourth-order valence-electron chi connectivity index (χ4n) is 5.94. The van der Waals surface area contributed by atoms with E-state index in [1.807, 2.05) is 0 Å². The van der Waals surface area contributed by atoms with Crippen molar-refractivity contribution in [1.82, 2.24) is 0 Å². The van der Waals surface area contributed by atoms with Crippen LogP contribution >= 0.6 is 0 Å². The van der Waals surface area contributed by atoms with Crippen molar-refractivity contribution >= 4 is 34.6 Å². The molecule has 0 bridgehead atoms. The monoisotopic (exact) mass is 768 g/mol. The minimum Gasteiger partial charge on any atom is -0.462 e. The zero-order chi connectivity index (χ0) is 40.6. The molecule has 0 N–H and O–H groups in total. The van der Waals surface area contributed by atoms with Gasteiger partial charge in [-0.3, -0.25) is 0 Å². The Kier molecular flexibility index (Phi) is 25.1. The van der Waals surface area contributed by atoms with Gasteiger partial charge in [0.05, 0.1) is 42.1 Å². The van der Waals surface area contributed by atoms with Gasteiger partial charge in [0.25, 0.3) is 0 Å². The van der Waals surface area contributed by atoms with Crippen LogP contribution in [0.5, 0.6) is 0 Å². The molecule has 0 amide bonds. The van der Waals surface area contributed by atoms with E-state index in [1.165, 1.54) is 116 Å². The Bertz CT molecular complexity index is 1780. The van der Waals surface area contributed by atoms with Crippen LogP contribution in [0.3, 0.4) is 0 Å². The number of rotatable bonds is 27. The highest BCUT2D eigenvalue weighted by molar-refractivity contribution is 6.22. The van der Waals surface area contributed by atoms with E-state index in [1.54, 1.807) is 0 Å². The lowest BCUT2D eigenvalue weighted by Crippen LogP contribution is -2.17. The summed E-state index contributed by atoms with van der Waals surface area (Å²) in [6.45, 7) is 2.46. The average Bonchev–Trinajstić information content (AvgIpc) is 3.20. The molecule has 2 rings (SSSR count). The van der Waals surface area contributed by atoms with Gasteiger partial charge in [-0.15, -0.1) is 6.42 Å². The molecule has 56 heavy (non-hydrogen) atoms. The van der Waals surface area contributed by atoms with E-state index >= 15 is 0 Å². The number of fused-ring (bicyclic) bond motifs is 1. The quantitative estimate of drug-likeness (QED) is 0.0378. The van der Waals surface area contributed by atoms with Crippen molar-refractivity contribution in [3.63, 3.8) is 0 Å². The molecule has 0 aliphatic carbocycles. The molecule has 0 unspecified atom stereocenters. The summed E-state index contributed by atoms with van der Waals surface area (Å²) in [5, 5.41) is -0.124. The van der Waals surface area contributed by atoms with E-state index in [0.717, 1.165) is 19.3 Å². The number of carbonyl (C=O) groups is 4. The lowest BCUT2D eigenvalue weighted by molar-refractivity contribution is 0.0380. The van der Waals surface area contributed by atoms with Gasteiger partial charge in [-0.1, -0.05) is 103 Å². The van der Waals surface area contributed by atoms with Gasteiger partial charge in [0, 0.05) is 42.8 Å². The second kappa shape index (κ2) is 30.0. The molecule has 0 radical (unpaired) electrons. The molecule has 2 aromatic rings. The Morgan fingerprint density at radius 1 is 0.464 bits per heavy atom. The molecule has 0 spiro atoms. The number of hydrogen-bond donors (Lipinski definition) is 0. The highest BCUT2D eigenvalue weighted by Gasteiger charge is 2.28. The number of carbonyl (C=O) groups excluding carboxylic acids is 4. The van der Waals surface area contributed by atoms with Crippen molar-refractivity contribution in [1.29, 1.82) is 0 Å². The molecular formula is C46H56O10. The topological polar surface area (TPSA) is 124 Å². The summed E-state index contributed by atoms with van der Waals surface area (Å²) in [6, 6.07) is 5.28. The van der Waals surface area contributed by atoms with Gasteiger partial charge in [0.15, 0.2) is 0 Å². The molecule has 300 valence electrons. The predicted molar refractivity (Wildman–Crippen MR) is 216 cm³/mol. The number of ether oxygens (including phenoxy) is 6. The van der Waals surface area contributed by atoms with Gasteiger partial charge in [0.2, 0.25) is 0 Å². The maximum atomic E-state index is 13.6. The Morgan fingerprint density at radius 3 is 1.23 bits per heavy atom. The standard InChI is InChI=1S/C46H56O10/c1-5-7-9-11-13-14-15-16-17-18-19-20-21-22-24-26-32-54-44(48)38-28-30-39(45(49)55-35-33-51-3)41-37(43(47)53-31-25-23-12-10-8-6-2)27-29-40(42(38)41)46(50)56-36-34-52-4/h2,27-30H,5,7,9,11,13-22,24,26,32-36H2,1,3-4H3. The van der Waals surface area contributed by atoms with E-state index in [0.29, 0.717) is 6.42 Å². The first-order chi connectivity index (χ1) is 27.4. The first kappa shape index (κ1) is 46.9. The maximum absolute atomic E-state index is 13.6. The van der Waals surface area contributed by atoms with Crippen molar-refractivity contribution in [3.05, 3.63) is 46.5 Å². The molecular weight excluding hydrogens is 712 g/mol. The minimum atomic E-state index is -0.983. The molecule has 10 nitrogen and oxygen atoms in total. The average molecular weight is 769 g/mol. The van der Waals surface area contributed by atoms with E-state index in [4.69, 9.17) is 34.8 Å². The number of terminal acetylenes is 1. The van der Waals surface area contributed by atoms with Gasteiger partial charge in [0.1, 0.15) is 19.3 Å². The normalized spacial score (nSPS) is 10.1. The van der Waals surface area contributed by atoms with Crippen LogP contribution < -0.4 is 0 Å². The van der Waals surface area contributed by atoms with Crippen LogP contribution in [0.25, 0.3) is 10.8 Å². The third-order valence-corrected chi connectivity index (χ3v) is 8.83. The van der Waals surface area contributed by atoms with Crippen LogP contribution in [0.4, 0.5) is 0 Å². The summed E-state index contributed by atoms with van der Waals surface area (Å²) in [6.07, 6.45) is 26.7. The molecule has 10 heteroatoms. The molecule has 0 aliphatic rings. The van der Waals surface area contributed by atoms with Gasteiger partial charge in [-0.2, -0.15) is 0 Å². The number of methoxy groups -OCH3 is 2. The fraction of sp³-hybridized carbons (Fsp3) is 0.522.